The van der Waals surface area contributed by atoms with Gasteiger partial charge in [-0.2, -0.15) is 0 Å². The van der Waals surface area contributed by atoms with Gasteiger partial charge in [-0.15, -0.1) is 0 Å². The Balaban J connectivity index is 2.26. The molecule has 0 atom stereocenters. The summed E-state index contributed by atoms with van der Waals surface area (Å²) in [6.45, 7) is 0.319. The molecule has 15 heavy (non-hydrogen) atoms. The highest BCUT2D eigenvalue weighted by atomic mass is 32.1. The zero-order valence-corrected chi connectivity index (χ0v) is 9.18. The number of carbonyl (C=O) groups is 1. The van der Waals surface area contributed by atoms with E-state index in [2.05, 4.69) is 0 Å². The first kappa shape index (κ1) is 10.4. The van der Waals surface area contributed by atoms with E-state index < -0.39 is 5.97 Å². The van der Waals surface area contributed by atoms with Gasteiger partial charge in [-0.1, -0.05) is 11.3 Å². The van der Waals surface area contributed by atoms with Crippen LogP contribution in [0.15, 0.2) is 4.79 Å². The third-order valence-electron chi connectivity index (χ3n) is 2.70. The lowest BCUT2D eigenvalue weighted by Gasteiger charge is -2.13. The molecule has 1 N–H and O–H groups in total. The Morgan fingerprint density at radius 3 is 2.87 bits per heavy atom. The Morgan fingerprint density at radius 2 is 2.13 bits per heavy atom. The number of aryl methyl sites for hydroxylation is 1. The van der Waals surface area contributed by atoms with Crippen LogP contribution in [0.5, 0.6) is 0 Å². The number of nitrogens with zero attached hydrogens (tertiary/aromatic N) is 1. The maximum atomic E-state index is 11.6. The third-order valence-corrected chi connectivity index (χ3v) is 3.78. The van der Waals surface area contributed by atoms with E-state index in [9.17, 15) is 9.59 Å². The quantitative estimate of drug-likeness (QED) is 0.845. The summed E-state index contributed by atoms with van der Waals surface area (Å²) in [5.74, 6) is -0.849. The lowest BCUT2D eigenvalue weighted by molar-refractivity contribution is -0.137. The lowest BCUT2D eigenvalue weighted by atomic mass is 10.0. The van der Waals surface area contributed by atoms with Crippen molar-refractivity contribution in [2.45, 2.75) is 38.6 Å². The molecular formula is C10H13NO3S. The average molecular weight is 227 g/mol. The first-order valence-corrected chi connectivity index (χ1v) is 5.93. The fourth-order valence-corrected chi connectivity index (χ4v) is 3.06. The highest BCUT2D eigenvalue weighted by molar-refractivity contribution is 7.09. The van der Waals surface area contributed by atoms with Crippen LogP contribution in [0, 0.1) is 0 Å². The average Bonchev–Trinajstić information content (AvgIpc) is 2.50. The number of carboxylic acid groups (broad SMARTS) is 1. The van der Waals surface area contributed by atoms with Crippen LogP contribution in [0.3, 0.4) is 0 Å². The number of aliphatic carboxylic acids is 1. The molecule has 0 aromatic carbocycles. The minimum absolute atomic E-state index is 0.00292. The van der Waals surface area contributed by atoms with Gasteiger partial charge in [0.25, 0.3) is 0 Å². The van der Waals surface area contributed by atoms with Gasteiger partial charge in [0.1, 0.15) is 0 Å². The summed E-state index contributed by atoms with van der Waals surface area (Å²) in [6, 6.07) is 0. The third kappa shape index (κ3) is 2.12. The van der Waals surface area contributed by atoms with Gasteiger partial charge in [-0.25, -0.2) is 0 Å². The van der Waals surface area contributed by atoms with Crippen LogP contribution in [0.4, 0.5) is 0 Å². The minimum atomic E-state index is -0.849. The van der Waals surface area contributed by atoms with Gasteiger partial charge in [0.2, 0.25) is 0 Å². The lowest BCUT2D eigenvalue weighted by Crippen LogP contribution is -2.19. The molecule has 1 aliphatic carbocycles. The predicted octanol–water partition coefficient (Wildman–Crippen LogP) is 1.26. The monoisotopic (exact) mass is 227 g/mol. The van der Waals surface area contributed by atoms with Crippen molar-refractivity contribution in [2.75, 3.05) is 0 Å². The van der Waals surface area contributed by atoms with E-state index in [-0.39, 0.29) is 11.3 Å². The molecule has 0 radical (unpaired) electrons. The zero-order valence-electron chi connectivity index (χ0n) is 8.36. The van der Waals surface area contributed by atoms with Crippen LogP contribution in [-0.2, 0) is 24.2 Å². The second-order valence-electron chi connectivity index (χ2n) is 3.74. The fraction of sp³-hybridized carbons (Fsp3) is 0.600. The standard InChI is InChI=1S/C10H13NO3S/c12-9(13)5-6-11-7-3-1-2-4-8(7)15-10(11)14/h1-6H2,(H,12,13). The van der Waals surface area contributed by atoms with Gasteiger partial charge in [-0.05, 0) is 25.7 Å². The van der Waals surface area contributed by atoms with E-state index in [1.165, 1.54) is 11.3 Å². The maximum absolute atomic E-state index is 11.6. The molecule has 5 heteroatoms. The molecule has 0 aliphatic heterocycles. The number of hydrogen-bond donors (Lipinski definition) is 1. The van der Waals surface area contributed by atoms with Crippen LogP contribution in [0.25, 0.3) is 0 Å². The molecule has 1 aliphatic rings. The Hall–Kier alpha value is -1.10. The van der Waals surface area contributed by atoms with Crippen LogP contribution in [-0.4, -0.2) is 15.6 Å². The minimum Gasteiger partial charge on any atom is -0.481 e. The van der Waals surface area contributed by atoms with E-state index in [4.69, 9.17) is 5.11 Å². The summed E-state index contributed by atoms with van der Waals surface area (Å²) < 4.78 is 1.65. The molecule has 1 heterocycles. The number of fused-ring (bicyclic) bond motifs is 1. The van der Waals surface area contributed by atoms with Crippen molar-refractivity contribution in [1.29, 1.82) is 0 Å². The molecule has 0 saturated carbocycles. The van der Waals surface area contributed by atoms with E-state index >= 15 is 0 Å². The van der Waals surface area contributed by atoms with Gasteiger partial charge < -0.3 is 9.67 Å². The Labute approximate surface area is 91.2 Å². The first-order valence-electron chi connectivity index (χ1n) is 5.11. The number of aromatic nitrogens is 1. The van der Waals surface area contributed by atoms with E-state index in [0.717, 1.165) is 36.3 Å². The van der Waals surface area contributed by atoms with E-state index in [1.54, 1.807) is 4.57 Å². The van der Waals surface area contributed by atoms with E-state index in [0.29, 0.717) is 6.54 Å². The summed E-state index contributed by atoms with van der Waals surface area (Å²) in [5, 5.41) is 8.60. The van der Waals surface area contributed by atoms with Crippen molar-refractivity contribution in [3.63, 3.8) is 0 Å². The van der Waals surface area contributed by atoms with Crippen molar-refractivity contribution < 1.29 is 9.90 Å². The number of rotatable bonds is 3. The molecule has 0 saturated heterocycles. The van der Waals surface area contributed by atoms with Crippen molar-refractivity contribution >= 4 is 17.3 Å². The van der Waals surface area contributed by atoms with Gasteiger partial charge in [0, 0.05) is 17.1 Å². The number of thiazole rings is 1. The topological polar surface area (TPSA) is 59.3 Å². The zero-order chi connectivity index (χ0) is 10.8. The molecule has 82 valence electrons. The summed E-state index contributed by atoms with van der Waals surface area (Å²) in [6.07, 6.45) is 4.19. The normalized spacial score (nSPS) is 14.9. The van der Waals surface area contributed by atoms with Crippen LogP contribution >= 0.6 is 11.3 Å². The highest BCUT2D eigenvalue weighted by Crippen LogP contribution is 2.23. The molecule has 4 nitrogen and oxygen atoms in total. The molecule has 1 aromatic heterocycles. The molecule has 2 rings (SSSR count). The van der Waals surface area contributed by atoms with Crippen molar-refractivity contribution in [3.05, 3.63) is 20.2 Å². The van der Waals surface area contributed by atoms with Crippen molar-refractivity contribution in [3.8, 4) is 0 Å². The molecular weight excluding hydrogens is 214 g/mol. The van der Waals surface area contributed by atoms with Crippen LogP contribution < -0.4 is 4.87 Å². The molecule has 0 spiro atoms. The van der Waals surface area contributed by atoms with Crippen molar-refractivity contribution in [2.24, 2.45) is 0 Å². The molecule has 0 unspecified atom stereocenters. The Morgan fingerprint density at radius 1 is 1.40 bits per heavy atom. The second-order valence-corrected chi connectivity index (χ2v) is 4.79. The summed E-state index contributed by atoms with van der Waals surface area (Å²) in [7, 11) is 0. The maximum Gasteiger partial charge on any atom is 0.307 e. The Bertz CT molecular complexity index is 432. The number of hydrogen-bond acceptors (Lipinski definition) is 3. The summed E-state index contributed by atoms with van der Waals surface area (Å²) >= 11 is 1.28. The molecule has 0 fully saturated rings. The highest BCUT2D eigenvalue weighted by Gasteiger charge is 2.18. The van der Waals surface area contributed by atoms with Gasteiger partial charge in [0.05, 0.1) is 6.42 Å². The summed E-state index contributed by atoms with van der Waals surface area (Å²) in [5.41, 5.74) is 1.08. The second kappa shape index (κ2) is 4.18. The van der Waals surface area contributed by atoms with Crippen LogP contribution in [0.2, 0.25) is 0 Å². The number of carboxylic acids is 1. The van der Waals surface area contributed by atoms with Gasteiger partial charge >= 0.3 is 10.8 Å². The SMILES string of the molecule is O=C(O)CCn1c2c(sc1=O)CCCC2. The predicted molar refractivity (Wildman–Crippen MR) is 57.5 cm³/mol. The van der Waals surface area contributed by atoms with Crippen LogP contribution in [0.1, 0.15) is 29.8 Å². The van der Waals surface area contributed by atoms with E-state index in [1.807, 2.05) is 0 Å². The largest absolute Gasteiger partial charge is 0.481 e. The smallest absolute Gasteiger partial charge is 0.307 e. The first-order chi connectivity index (χ1) is 7.18. The van der Waals surface area contributed by atoms with Gasteiger partial charge in [0.15, 0.2) is 0 Å². The molecule has 1 aromatic rings. The molecule has 0 amide bonds. The fourth-order valence-electron chi connectivity index (χ4n) is 1.96. The Kier molecular flexibility index (Phi) is 2.90. The summed E-state index contributed by atoms with van der Waals surface area (Å²) in [4.78, 5) is 23.2. The molecule has 0 bridgehead atoms. The van der Waals surface area contributed by atoms with Crippen molar-refractivity contribution in [1.82, 2.24) is 4.57 Å². The van der Waals surface area contributed by atoms with Gasteiger partial charge in [-0.3, -0.25) is 9.59 Å².